The zero-order valence-electron chi connectivity index (χ0n) is 10.7. The van der Waals surface area contributed by atoms with Crippen LogP contribution in [0.2, 0.25) is 0 Å². The van der Waals surface area contributed by atoms with E-state index in [1.165, 1.54) is 0 Å². The minimum atomic E-state index is -0.486. The summed E-state index contributed by atoms with van der Waals surface area (Å²) in [6, 6.07) is 0. The van der Waals surface area contributed by atoms with Crippen molar-refractivity contribution in [2.24, 2.45) is 11.3 Å². The van der Waals surface area contributed by atoms with Gasteiger partial charge in [0.2, 0.25) is 0 Å². The number of likely N-dealkylation sites (tertiary alicyclic amines) is 1. The Labute approximate surface area is 96.9 Å². The van der Waals surface area contributed by atoms with Crippen molar-refractivity contribution in [3.05, 3.63) is 0 Å². The molecule has 1 saturated heterocycles. The van der Waals surface area contributed by atoms with Crippen LogP contribution in [0.4, 0.5) is 4.79 Å². The Morgan fingerprint density at radius 2 is 2.00 bits per heavy atom. The molecule has 1 aliphatic rings. The van der Waals surface area contributed by atoms with Gasteiger partial charge in [0.25, 0.3) is 0 Å². The van der Waals surface area contributed by atoms with Crippen LogP contribution in [0.15, 0.2) is 0 Å². The third kappa shape index (κ3) is 2.97. The van der Waals surface area contributed by atoms with Crippen molar-refractivity contribution >= 4 is 12.4 Å². The van der Waals surface area contributed by atoms with Crippen LogP contribution in [-0.4, -0.2) is 36.0 Å². The summed E-state index contributed by atoms with van der Waals surface area (Å²) in [7, 11) is 0. The number of carbonyl (C=O) groups is 2. The second kappa shape index (κ2) is 4.07. The van der Waals surface area contributed by atoms with Crippen molar-refractivity contribution in [3.63, 3.8) is 0 Å². The number of amides is 1. The zero-order valence-corrected chi connectivity index (χ0v) is 10.7. The minimum Gasteiger partial charge on any atom is -0.444 e. The molecule has 0 aromatic heterocycles. The lowest BCUT2D eigenvalue weighted by Gasteiger charge is -2.25. The molecule has 0 aromatic rings. The highest BCUT2D eigenvalue weighted by Crippen LogP contribution is 2.34. The Hall–Kier alpha value is -1.06. The molecule has 0 radical (unpaired) electrons. The third-order valence-electron chi connectivity index (χ3n) is 2.84. The van der Waals surface area contributed by atoms with Crippen LogP contribution in [0.25, 0.3) is 0 Å². The fourth-order valence-electron chi connectivity index (χ4n) is 1.85. The number of carbonyl (C=O) groups excluding carboxylic acids is 2. The number of nitrogens with zero attached hydrogens (tertiary/aromatic N) is 1. The second-order valence-corrected chi connectivity index (χ2v) is 6.09. The molecule has 0 N–H and O–H groups in total. The van der Waals surface area contributed by atoms with Gasteiger partial charge in [-0.1, -0.05) is 13.8 Å². The smallest absolute Gasteiger partial charge is 0.410 e. The molecule has 1 amide bonds. The number of hydrogen-bond acceptors (Lipinski definition) is 3. The first-order valence-corrected chi connectivity index (χ1v) is 5.59. The Balaban J connectivity index is 2.65. The first-order chi connectivity index (χ1) is 7.15. The van der Waals surface area contributed by atoms with Crippen LogP contribution in [0.5, 0.6) is 0 Å². The lowest BCUT2D eigenvalue weighted by Crippen LogP contribution is -2.36. The van der Waals surface area contributed by atoms with Crippen molar-refractivity contribution in [1.82, 2.24) is 4.90 Å². The fourth-order valence-corrected chi connectivity index (χ4v) is 1.85. The largest absolute Gasteiger partial charge is 0.444 e. The van der Waals surface area contributed by atoms with E-state index >= 15 is 0 Å². The Morgan fingerprint density at radius 1 is 1.44 bits per heavy atom. The number of ether oxygens (including phenoxy) is 1. The Kier molecular flexibility index (Phi) is 3.31. The maximum atomic E-state index is 11.8. The van der Waals surface area contributed by atoms with E-state index in [4.69, 9.17) is 4.74 Å². The monoisotopic (exact) mass is 227 g/mol. The molecule has 1 unspecified atom stereocenters. The van der Waals surface area contributed by atoms with E-state index in [1.807, 2.05) is 34.6 Å². The van der Waals surface area contributed by atoms with E-state index in [0.29, 0.717) is 13.1 Å². The van der Waals surface area contributed by atoms with Crippen molar-refractivity contribution in [1.29, 1.82) is 0 Å². The van der Waals surface area contributed by atoms with Gasteiger partial charge < -0.3 is 14.4 Å². The lowest BCUT2D eigenvalue weighted by molar-refractivity contribution is -0.112. The van der Waals surface area contributed by atoms with Gasteiger partial charge in [-0.3, -0.25) is 0 Å². The van der Waals surface area contributed by atoms with Gasteiger partial charge in [-0.05, 0) is 26.2 Å². The summed E-state index contributed by atoms with van der Waals surface area (Å²) < 4.78 is 5.28. The lowest BCUT2D eigenvalue weighted by atomic mass is 9.83. The van der Waals surface area contributed by atoms with Gasteiger partial charge in [-0.15, -0.1) is 0 Å². The minimum absolute atomic E-state index is 0.0972. The average molecular weight is 227 g/mol. The summed E-state index contributed by atoms with van der Waals surface area (Å²) in [6.07, 6.45) is 0.606. The van der Waals surface area contributed by atoms with Gasteiger partial charge >= 0.3 is 6.09 Å². The normalized spacial score (nSPS) is 24.3. The first-order valence-electron chi connectivity index (χ1n) is 5.59. The van der Waals surface area contributed by atoms with E-state index < -0.39 is 5.60 Å². The number of hydrogen-bond donors (Lipinski definition) is 0. The molecule has 1 fully saturated rings. The van der Waals surface area contributed by atoms with E-state index in [1.54, 1.807) is 4.90 Å². The predicted molar refractivity (Wildman–Crippen MR) is 61.1 cm³/mol. The molecule has 1 aliphatic heterocycles. The van der Waals surface area contributed by atoms with Crippen LogP contribution in [-0.2, 0) is 9.53 Å². The van der Waals surface area contributed by atoms with Gasteiger partial charge in [0.15, 0.2) is 0 Å². The number of aldehydes is 1. The van der Waals surface area contributed by atoms with Gasteiger partial charge in [-0.25, -0.2) is 4.79 Å². The molecule has 1 heterocycles. The molecule has 92 valence electrons. The van der Waals surface area contributed by atoms with Crippen LogP contribution in [0, 0.1) is 11.3 Å². The Bertz CT molecular complexity index is 291. The SMILES string of the molecule is CC(C)(C)OC(=O)N1CC(C=O)C(C)(C)C1. The molecule has 0 bridgehead atoms. The molecule has 1 rings (SSSR count). The highest BCUT2D eigenvalue weighted by atomic mass is 16.6. The molecule has 0 spiro atoms. The predicted octanol–water partition coefficient (Wildman–Crippen LogP) is 2.08. The molecule has 4 heteroatoms. The van der Waals surface area contributed by atoms with Crippen molar-refractivity contribution in [3.8, 4) is 0 Å². The van der Waals surface area contributed by atoms with Gasteiger partial charge in [0, 0.05) is 19.0 Å². The van der Waals surface area contributed by atoms with Gasteiger partial charge in [-0.2, -0.15) is 0 Å². The fraction of sp³-hybridized carbons (Fsp3) is 0.833. The summed E-state index contributed by atoms with van der Waals surface area (Å²) in [5, 5.41) is 0. The third-order valence-corrected chi connectivity index (χ3v) is 2.84. The molecule has 4 nitrogen and oxygen atoms in total. The van der Waals surface area contributed by atoms with Crippen LogP contribution >= 0.6 is 0 Å². The Morgan fingerprint density at radius 3 is 2.38 bits per heavy atom. The molecule has 1 atom stereocenters. The van der Waals surface area contributed by atoms with E-state index in [0.717, 1.165) is 6.29 Å². The van der Waals surface area contributed by atoms with Gasteiger partial charge in [0.05, 0.1) is 0 Å². The van der Waals surface area contributed by atoms with E-state index in [9.17, 15) is 9.59 Å². The second-order valence-electron chi connectivity index (χ2n) is 6.09. The molecular formula is C12H21NO3. The maximum Gasteiger partial charge on any atom is 0.410 e. The van der Waals surface area contributed by atoms with Crippen molar-refractivity contribution in [2.75, 3.05) is 13.1 Å². The summed E-state index contributed by atoms with van der Waals surface area (Å²) in [4.78, 5) is 24.3. The molecule has 0 aliphatic carbocycles. The standard InChI is InChI=1S/C12H21NO3/c1-11(2,3)16-10(15)13-6-9(7-14)12(4,5)8-13/h7,9H,6,8H2,1-5H3. The maximum absolute atomic E-state index is 11.8. The first kappa shape index (κ1) is 13.0. The molecule has 0 aromatic carbocycles. The summed E-state index contributed by atoms with van der Waals surface area (Å²) in [6.45, 7) is 10.5. The molecule has 0 saturated carbocycles. The summed E-state index contributed by atoms with van der Waals surface area (Å²) in [5.41, 5.74) is -0.640. The topological polar surface area (TPSA) is 46.6 Å². The van der Waals surface area contributed by atoms with Crippen molar-refractivity contribution < 1.29 is 14.3 Å². The molecular weight excluding hydrogens is 206 g/mol. The van der Waals surface area contributed by atoms with Crippen LogP contribution in [0.3, 0.4) is 0 Å². The van der Waals surface area contributed by atoms with Crippen LogP contribution in [0.1, 0.15) is 34.6 Å². The summed E-state index contributed by atoms with van der Waals surface area (Å²) >= 11 is 0. The highest BCUT2D eigenvalue weighted by Gasteiger charge is 2.42. The number of rotatable bonds is 1. The van der Waals surface area contributed by atoms with E-state index in [2.05, 4.69) is 0 Å². The van der Waals surface area contributed by atoms with Crippen LogP contribution < -0.4 is 0 Å². The summed E-state index contributed by atoms with van der Waals surface area (Å²) in [5.74, 6) is -0.0972. The quantitative estimate of drug-likeness (QED) is 0.644. The van der Waals surface area contributed by atoms with E-state index in [-0.39, 0.29) is 17.4 Å². The van der Waals surface area contributed by atoms with Gasteiger partial charge in [0.1, 0.15) is 11.9 Å². The highest BCUT2D eigenvalue weighted by molar-refractivity contribution is 5.70. The zero-order chi connectivity index (χ0) is 12.6. The van der Waals surface area contributed by atoms with Crippen molar-refractivity contribution in [2.45, 2.75) is 40.2 Å². The average Bonchev–Trinajstić information content (AvgIpc) is 2.37. The molecule has 16 heavy (non-hydrogen) atoms.